The molecule has 0 aliphatic heterocycles. The molecular weight excluding hydrogens is 233 g/mol. The molecule has 1 aromatic rings. The number of nitrogens with zero attached hydrogens (tertiary/aromatic N) is 1. The average Bonchev–Trinajstić information content (AvgIpc) is 2.39. The molecule has 0 saturated heterocycles. The summed E-state index contributed by atoms with van der Waals surface area (Å²) in [5.41, 5.74) is -2.03. The van der Waals surface area contributed by atoms with E-state index < -0.39 is 17.7 Å². The Kier molecular flexibility index (Phi) is 4.85. The lowest BCUT2D eigenvalue weighted by Gasteiger charge is -2.19. The van der Waals surface area contributed by atoms with E-state index in [2.05, 4.69) is 0 Å². The van der Waals surface area contributed by atoms with Crippen molar-refractivity contribution in [3.63, 3.8) is 0 Å². The highest BCUT2D eigenvalue weighted by Crippen LogP contribution is 2.20. The van der Waals surface area contributed by atoms with Crippen molar-refractivity contribution in [3.05, 3.63) is 35.9 Å². The molecule has 0 spiro atoms. The SMILES string of the molecule is CCC(C)OC(=O)C(F)(C#N)Cc1ccccc1. The van der Waals surface area contributed by atoms with E-state index in [-0.39, 0.29) is 6.42 Å². The molecule has 1 rings (SSSR count). The molecule has 2 unspecified atom stereocenters. The van der Waals surface area contributed by atoms with Crippen LogP contribution in [0.1, 0.15) is 25.8 Å². The van der Waals surface area contributed by atoms with Gasteiger partial charge in [0.15, 0.2) is 0 Å². The number of hydrogen-bond acceptors (Lipinski definition) is 3. The van der Waals surface area contributed by atoms with Gasteiger partial charge < -0.3 is 4.74 Å². The summed E-state index contributed by atoms with van der Waals surface area (Å²) in [5.74, 6) is -1.11. The first-order valence-corrected chi connectivity index (χ1v) is 5.87. The number of rotatable bonds is 5. The van der Waals surface area contributed by atoms with Crippen LogP contribution in [0.5, 0.6) is 0 Å². The van der Waals surface area contributed by atoms with Crippen LogP contribution in [-0.4, -0.2) is 17.7 Å². The molecule has 0 fully saturated rings. The predicted molar refractivity (Wildman–Crippen MR) is 65.4 cm³/mol. The molecule has 18 heavy (non-hydrogen) atoms. The minimum atomic E-state index is -2.62. The van der Waals surface area contributed by atoms with Crippen molar-refractivity contribution in [2.45, 2.75) is 38.5 Å². The molecule has 0 N–H and O–H groups in total. The van der Waals surface area contributed by atoms with Gasteiger partial charge in [0.25, 0.3) is 5.67 Å². The zero-order valence-corrected chi connectivity index (χ0v) is 10.5. The van der Waals surface area contributed by atoms with Crippen molar-refractivity contribution in [1.82, 2.24) is 0 Å². The summed E-state index contributed by atoms with van der Waals surface area (Å²) in [5, 5.41) is 8.88. The van der Waals surface area contributed by atoms with Crippen LogP contribution in [0.2, 0.25) is 0 Å². The number of ether oxygens (including phenoxy) is 1. The molecule has 3 nitrogen and oxygen atoms in total. The normalized spacial score (nSPS) is 15.2. The summed E-state index contributed by atoms with van der Waals surface area (Å²) in [4.78, 5) is 11.6. The number of nitriles is 1. The van der Waals surface area contributed by atoms with Gasteiger partial charge in [0, 0.05) is 6.42 Å². The highest BCUT2D eigenvalue weighted by Gasteiger charge is 2.41. The molecule has 2 atom stereocenters. The Morgan fingerprint density at radius 3 is 2.61 bits per heavy atom. The van der Waals surface area contributed by atoms with Gasteiger partial charge in [-0.2, -0.15) is 5.26 Å². The number of carbonyl (C=O) groups is 1. The van der Waals surface area contributed by atoms with Crippen LogP contribution in [0.25, 0.3) is 0 Å². The van der Waals surface area contributed by atoms with Crippen molar-refractivity contribution in [1.29, 1.82) is 5.26 Å². The van der Waals surface area contributed by atoms with E-state index >= 15 is 0 Å². The third kappa shape index (κ3) is 3.56. The highest BCUT2D eigenvalue weighted by molar-refractivity contribution is 5.83. The summed E-state index contributed by atoms with van der Waals surface area (Å²) in [6.07, 6.45) is -0.102. The van der Waals surface area contributed by atoms with Crippen molar-refractivity contribution >= 4 is 5.97 Å². The van der Waals surface area contributed by atoms with Crippen LogP contribution in [0.4, 0.5) is 4.39 Å². The fourth-order valence-electron chi connectivity index (χ4n) is 1.39. The second-order valence-electron chi connectivity index (χ2n) is 4.20. The van der Waals surface area contributed by atoms with Gasteiger partial charge in [-0.3, -0.25) is 0 Å². The molecule has 0 saturated carbocycles. The first-order valence-electron chi connectivity index (χ1n) is 5.87. The minimum absolute atomic E-state index is 0.292. The Bertz CT molecular complexity index is 441. The van der Waals surface area contributed by atoms with E-state index in [1.807, 2.05) is 6.92 Å². The van der Waals surface area contributed by atoms with Gasteiger partial charge in [0.05, 0.1) is 6.10 Å². The van der Waals surface area contributed by atoms with Gasteiger partial charge in [-0.05, 0) is 18.9 Å². The maximum Gasteiger partial charge on any atom is 0.359 e. The maximum atomic E-state index is 14.3. The zero-order chi connectivity index (χ0) is 13.6. The predicted octanol–water partition coefficient (Wildman–Crippen LogP) is 2.80. The monoisotopic (exact) mass is 249 g/mol. The van der Waals surface area contributed by atoms with Crippen molar-refractivity contribution < 1.29 is 13.9 Å². The first kappa shape index (κ1) is 14.2. The van der Waals surface area contributed by atoms with Crippen LogP contribution in [0.3, 0.4) is 0 Å². The third-order valence-electron chi connectivity index (χ3n) is 2.67. The lowest BCUT2D eigenvalue weighted by molar-refractivity contribution is -0.158. The van der Waals surface area contributed by atoms with E-state index in [1.54, 1.807) is 37.3 Å². The average molecular weight is 249 g/mol. The van der Waals surface area contributed by atoms with Gasteiger partial charge in [-0.1, -0.05) is 37.3 Å². The summed E-state index contributed by atoms with van der Waals surface area (Å²) in [7, 11) is 0. The topological polar surface area (TPSA) is 50.1 Å². The van der Waals surface area contributed by atoms with E-state index in [4.69, 9.17) is 10.00 Å². The smallest absolute Gasteiger partial charge is 0.359 e. The van der Waals surface area contributed by atoms with Crippen LogP contribution < -0.4 is 0 Å². The maximum absolute atomic E-state index is 14.3. The van der Waals surface area contributed by atoms with Crippen LogP contribution in [-0.2, 0) is 16.0 Å². The lowest BCUT2D eigenvalue weighted by atomic mass is 9.98. The second kappa shape index (κ2) is 6.15. The zero-order valence-electron chi connectivity index (χ0n) is 10.5. The van der Waals surface area contributed by atoms with Gasteiger partial charge in [-0.25, -0.2) is 9.18 Å². The van der Waals surface area contributed by atoms with Crippen molar-refractivity contribution in [2.75, 3.05) is 0 Å². The molecule has 4 heteroatoms. The number of carbonyl (C=O) groups excluding carboxylic acids is 1. The van der Waals surface area contributed by atoms with E-state index in [1.165, 1.54) is 6.07 Å². The fraction of sp³-hybridized carbons (Fsp3) is 0.429. The Hall–Kier alpha value is -1.89. The molecule has 0 aromatic heterocycles. The van der Waals surface area contributed by atoms with E-state index in [0.717, 1.165) is 0 Å². The van der Waals surface area contributed by atoms with Gasteiger partial charge >= 0.3 is 5.97 Å². The number of halogens is 1. The number of benzene rings is 1. The molecule has 0 radical (unpaired) electrons. The number of alkyl halides is 1. The minimum Gasteiger partial charge on any atom is -0.460 e. The number of hydrogen-bond donors (Lipinski definition) is 0. The van der Waals surface area contributed by atoms with Gasteiger partial charge in [0.2, 0.25) is 0 Å². The summed E-state index contributed by atoms with van der Waals surface area (Å²) in [6.45, 7) is 3.49. The Labute approximate surface area is 106 Å². The largest absolute Gasteiger partial charge is 0.460 e. The van der Waals surface area contributed by atoms with Crippen LogP contribution in [0, 0.1) is 11.3 Å². The summed E-state index contributed by atoms with van der Waals surface area (Å²) in [6, 6.07) is 10.00. The van der Waals surface area contributed by atoms with Crippen molar-refractivity contribution in [2.24, 2.45) is 0 Å². The van der Waals surface area contributed by atoms with Crippen LogP contribution >= 0.6 is 0 Å². The lowest BCUT2D eigenvalue weighted by Crippen LogP contribution is -2.38. The Balaban J connectivity index is 2.80. The van der Waals surface area contributed by atoms with Crippen molar-refractivity contribution in [3.8, 4) is 6.07 Å². The molecule has 0 aliphatic carbocycles. The first-order chi connectivity index (χ1) is 8.51. The molecule has 0 bridgehead atoms. The standard InChI is InChI=1S/C14H16FNO2/c1-3-11(2)18-13(17)14(15,10-16)9-12-7-5-4-6-8-12/h4-8,11H,3,9H2,1-2H3. The van der Waals surface area contributed by atoms with Crippen LogP contribution in [0.15, 0.2) is 30.3 Å². The molecule has 0 amide bonds. The number of esters is 1. The molecule has 1 aromatic carbocycles. The molecule has 0 heterocycles. The fourth-order valence-corrected chi connectivity index (χ4v) is 1.39. The summed E-state index contributed by atoms with van der Waals surface area (Å²) < 4.78 is 19.2. The molecule has 0 aliphatic rings. The Morgan fingerprint density at radius 1 is 1.50 bits per heavy atom. The third-order valence-corrected chi connectivity index (χ3v) is 2.67. The quantitative estimate of drug-likeness (QED) is 0.754. The highest BCUT2D eigenvalue weighted by atomic mass is 19.1. The summed E-state index contributed by atoms with van der Waals surface area (Å²) >= 11 is 0. The van der Waals surface area contributed by atoms with E-state index in [0.29, 0.717) is 12.0 Å². The van der Waals surface area contributed by atoms with E-state index in [9.17, 15) is 9.18 Å². The van der Waals surface area contributed by atoms with Gasteiger partial charge in [-0.15, -0.1) is 0 Å². The Morgan fingerprint density at radius 2 is 2.11 bits per heavy atom. The molecular formula is C14H16FNO2. The van der Waals surface area contributed by atoms with Gasteiger partial charge in [0.1, 0.15) is 6.07 Å². The second-order valence-corrected chi connectivity index (χ2v) is 4.20. The molecule has 96 valence electrons.